The molecule has 0 aliphatic carbocycles. The van der Waals surface area contributed by atoms with E-state index < -0.39 is 12.1 Å². The van der Waals surface area contributed by atoms with Crippen LogP contribution in [0.5, 0.6) is 0 Å². The van der Waals surface area contributed by atoms with Crippen molar-refractivity contribution in [2.75, 3.05) is 26.8 Å². The smallest absolute Gasteiger partial charge is 0.404 e. The molecule has 0 spiro atoms. The molecule has 2 N–H and O–H groups in total. The third kappa shape index (κ3) is 6.40. The Morgan fingerprint density at radius 2 is 1.90 bits per heavy atom. The number of fused-ring (bicyclic) bond motifs is 2. The van der Waals surface area contributed by atoms with E-state index in [2.05, 4.69) is 22.0 Å². The Hall–Kier alpha value is -3.91. The lowest BCUT2D eigenvalue weighted by atomic mass is 9.95. The van der Waals surface area contributed by atoms with Gasteiger partial charge in [0, 0.05) is 51.7 Å². The van der Waals surface area contributed by atoms with Crippen LogP contribution in [0.4, 0.5) is 4.79 Å². The maximum absolute atomic E-state index is 13.5. The van der Waals surface area contributed by atoms with Gasteiger partial charge in [0.2, 0.25) is 5.91 Å². The third-order valence-electron chi connectivity index (χ3n) is 7.60. The minimum Gasteiger partial charge on any atom is -0.465 e. The summed E-state index contributed by atoms with van der Waals surface area (Å²) < 4.78 is 7.56. The number of hydrogen-bond donors (Lipinski definition) is 2. The first-order valence-electron chi connectivity index (χ1n) is 13.7. The Morgan fingerprint density at radius 3 is 2.72 bits per heavy atom. The number of carbonyl (C=O) groups is 2. The van der Waals surface area contributed by atoms with Crippen molar-refractivity contribution in [2.24, 2.45) is 0 Å². The average Bonchev–Trinajstić information content (AvgIpc) is 3.31. The number of carboxylic acid groups (broad SMARTS) is 1. The molecule has 0 bridgehead atoms. The lowest BCUT2D eigenvalue weighted by Crippen LogP contribution is -2.44. The molecule has 1 fully saturated rings. The molecule has 2 amide bonds. The predicted molar refractivity (Wildman–Crippen MR) is 152 cm³/mol. The number of methoxy groups -OCH3 is 1. The number of hydrogen-bond acceptors (Lipinski definition) is 4. The number of aryl methyl sites for hydroxylation is 1. The largest absolute Gasteiger partial charge is 0.465 e. The van der Waals surface area contributed by atoms with Crippen LogP contribution in [0, 0.1) is 0 Å². The first-order valence-corrected chi connectivity index (χ1v) is 13.7. The topological polar surface area (TPSA) is 96.7 Å². The zero-order valence-corrected chi connectivity index (χ0v) is 22.4. The summed E-state index contributed by atoms with van der Waals surface area (Å²) >= 11 is 0. The fourth-order valence-electron chi connectivity index (χ4n) is 5.76. The van der Waals surface area contributed by atoms with Gasteiger partial charge >= 0.3 is 6.09 Å². The summed E-state index contributed by atoms with van der Waals surface area (Å²) in [4.78, 5) is 31.9. The van der Waals surface area contributed by atoms with Crippen molar-refractivity contribution < 1.29 is 19.4 Å². The Bertz CT molecular complexity index is 1450. The predicted octanol–water partition coefficient (Wildman–Crippen LogP) is 5.20. The van der Waals surface area contributed by atoms with Crippen LogP contribution in [0.3, 0.4) is 0 Å². The van der Waals surface area contributed by atoms with Crippen LogP contribution in [0.25, 0.3) is 21.8 Å². The van der Waals surface area contributed by atoms with Gasteiger partial charge in [0.1, 0.15) is 5.82 Å². The highest BCUT2D eigenvalue weighted by atomic mass is 16.5. The highest BCUT2D eigenvalue weighted by Gasteiger charge is 2.30. The number of ether oxygens (including phenoxy) is 1. The van der Waals surface area contributed by atoms with E-state index in [1.165, 1.54) is 0 Å². The number of para-hydroxylation sites is 2. The van der Waals surface area contributed by atoms with Gasteiger partial charge < -0.3 is 24.6 Å². The number of piperidine rings is 1. The minimum absolute atomic E-state index is 0.0266. The summed E-state index contributed by atoms with van der Waals surface area (Å²) in [6.07, 6.45) is 2.20. The molecule has 0 saturated carbocycles. The Morgan fingerprint density at radius 1 is 1.10 bits per heavy atom. The van der Waals surface area contributed by atoms with E-state index in [0.29, 0.717) is 26.1 Å². The van der Waals surface area contributed by atoms with Crippen LogP contribution in [0.2, 0.25) is 0 Å². The molecule has 204 valence electrons. The van der Waals surface area contributed by atoms with Crippen LogP contribution in [0.1, 0.15) is 43.0 Å². The molecule has 5 rings (SSSR count). The highest BCUT2D eigenvalue weighted by molar-refractivity contribution is 5.83. The average molecular weight is 529 g/mol. The molecule has 0 radical (unpaired) electrons. The number of rotatable bonds is 10. The van der Waals surface area contributed by atoms with Gasteiger partial charge in [-0.05, 0) is 54.2 Å². The van der Waals surface area contributed by atoms with Crippen molar-refractivity contribution in [1.82, 2.24) is 19.8 Å². The summed E-state index contributed by atoms with van der Waals surface area (Å²) in [5.41, 5.74) is 3.07. The number of aromatic nitrogens is 2. The van der Waals surface area contributed by atoms with Crippen molar-refractivity contribution in [2.45, 2.75) is 50.6 Å². The second-order valence-electron chi connectivity index (χ2n) is 10.4. The molecule has 2 heterocycles. The fraction of sp³-hybridized carbons (Fsp3) is 0.387. The van der Waals surface area contributed by atoms with Crippen molar-refractivity contribution in [3.63, 3.8) is 0 Å². The van der Waals surface area contributed by atoms with Crippen LogP contribution >= 0.6 is 0 Å². The Balaban J connectivity index is 1.30. The molecular weight excluding hydrogens is 492 g/mol. The third-order valence-corrected chi connectivity index (χ3v) is 7.60. The number of benzene rings is 3. The molecule has 1 aromatic heterocycles. The second kappa shape index (κ2) is 12.3. The van der Waals surface area contributed by atoms with Gasteiger partial charge in [-0.1, -0.05) is 54.6 Å². The lowest BCUT2D eigenvalue weighted by Gasteiger charge is -2.33. The summed E-state index contributed by atoms with van der Waals surface area (Å²) in [6, 6.07) is 21.9. The van der Waals surface area contributed by atoms with Crippen LogP contribution < -0.4 is 5.32 Å². The number of amides is 2. The Labute approximate surface area is 228 Å². The molecule has 39 heavy (non-hydrogen) atoms. The van der Waals surface area contributed by atoms with E-state index in [1.807, 2.05) is 59.5 Å². The van der Waals surface area contributed by atoms with E-state index in [0.717, 1.165) is 59.0 Å². The van der Waals surface area contributed by atoms with Gasteiger partial charge in [-0.25, -0.2) is 9.78 Å². The van der Waals surface area contributed by atoms with Crippen LogP contribution in [0.15, 0.2) is 66.7 Å². The summed E-state index contributed by atoms with van der Waals surface area (Å²) in [7, 11) is 1.71. The zero-order valence-electron chi connectivity index (χ0n) is 22.4. The maximum Gasteiger partial charge on any atom is 0.404 e. The molecule has 4 aromatic rings. The molecule has 1 aliphatic rings. The zero-order chi connectivity index (χ0) is 27.2. The lowest BCUT2D eigenvalue weighted by molar-refractivity contribution is -0.132. The number of carbonyl (C=O) groups excluding carboxylic acids is 1. The molecular formula is C31H36N4O4. The van der Waals surface area contributed by atoms with Gasteiger partial charge in [0.25, 0.3) is 0 Å². The first-order chi connectivity index (χ1) is 19.0. The molecule has 8 heteroatoms. The summed E-state index contributed by atoms with van der Waals surface area (Å²) in [6.45, 7) is 2.75. The van der Waals surface area contributed by atoms with E-state index in [4.69, 9.17) is 9.72 Å². The van der Waals surface area contributed by atoms with Gasteiger partial charge in [-0.15, -0.1) is 0 Å². The van der Waals surface area contributed by atoms with Crippen molar-refractivity contribution in [1.29, 1.82) is 0 Å². The van der Waals surface area contributed by atoms with Gasteiger partial charge in [0.05, 0.1) is 11.0 Å². The minimum atomic E-state index is -1.12. The van der Waals surface area contributed by atoms with E-state index in [-0.39, 0.29) is 18.2 Å². The number of likely N-dealkylation sites (tertiary alicyclic amines) is 1. The number of nitrogens with zero attached hydrogens (tertiary/aromatic N) is 3. The second-order valence-corrected chi connectivity index (χ2v) is 10.4. The standard InChI is InChI=1S/C31H36N4O4/c1-39-17-7-16-35-28-12-5-4-11-27(28)33-30(35)25-10-6-15-34(21-25)29(36)20-26(32-31(37)38)19-22-13-14-23-8-2-3-9-24(23)18-22/h2-5,8-9,11-14,18,25-26,32H,6-7,10,15-17,19-21H2,1H3,(H,37,38)/t25-,26-/m1/s1. The normalized spacial score (nSPS) is 16.4. The molecule has 2 atom stereocenters. The highest BCUT2D eigenvalue weighted by Crippen LogP contribution is 2.30. The first kappa shape index (κ1) is 26.7. The molecule has 0 unspecified atom stereocenters. The van der Waals surface area contributed by atoms with Crippen molar-refractivity contribution >= 4 is 33.8 Å². The quantitative estimate of drug-likeness (QED) is 0.276. The summed E-state index contributed by atoms with van der Waals surface area (Å²) in [5.74, 6) is 1.12. The monoisotopic (exact) mass is 528 g/mol. The van der Waals surface area contributed by atoms with Gasteiger partial charge in [-0.2, -0.15) is 0 Å². The Kier molecular flexibility index (Phi) is 8.42. The SMILES string of the molecule is COCCCn1c([C@@H]2CCCN(C(=O)C[C@@H](Cc3ccc4ccccc4c3)NC(=O)O)C2)nc2ccccc21. The molecule has 1 aliphatic heterocycles. The summed E-state index contributed by atoms with van der Waals surface area (Å²) in [5, 5.41) is 14.3. The van der Waals surface area contributed by atoms with Gasteiger partial charge in [0.15, 0.2) is 0 Å². The van der Waals surface area contributed by atoms with E-state index in [1.54, 1.807) is 7.11 Å². The maximum atomic E-state index is 13.5. The number of imidazole rings is 1. The molecule has 8 nitrogen and oxygen atoms in total. The van der Waals surface area contributed by atoms with Crippen molar-refractivity contribution in [3.05, 3.63) is 78.1 Å². The van der Waals surface area contributed by atoms with Crippen molar-refractivity contribution in [3.8, 4) is 0 Å². The van der Waals surface area contributed by atoms with E-state index >= 15 is 0 Å². The van der Waals surface area contributed by atoms with Gasteiger partial charge in [-0.3, -0.25) is 4.79 Å². The fourth-order valence-corrected chi connectivity index (χ4v) is 5.76. The van der Waals surface area contributed by atoms with E-state index in [9.17, 15) is 14.7 Å². The van der Waals surface area contributed by atoms with Crippen LogP contribution in [-0.4, -0.2) is 64.4 Å². The molecule has 3 aromatic carbocycles. The van der Waals surface area contributed by atoms with Crippen LogP contribution in [-0.2, 0) is 22.5 Å². The molecule has 1 saturated heterocycles. The number of nitrogens with one attached hydrogen (secondary N) is 1.